The van der Waals surface area contributed by atoms with Crippen LogP contribution >= 0.6 is 11.6 Å². The number of fused-ring (bicyclic) bond motifs is 1. The second-order valence-electron chi connectivity index (χ2n) is 6.58. The van der Waals surface area contributed by atoms with Crippen molar-refractivity contribution in [2.24, 2.45) is 0 Å². The summed E-state index contributed by atoms with van der Waals surface area (Å²) in [7, 11) is 0. The minimum absolute atomic E-state index is 0.146. The number of para-hydroxylation sites is 2. The van der Waals surface area contributed by atoms with Crippen molar-refractivity contribution in [2.75, 3.05) is 5.01 Å². The Balaban J connectivity index is 1.60. The Morgan fingerprint density at radius 1 is 1.00 bits per heavy atom. The first-order valence-corrected chi connectivity index (χ1v) is 9.35. The van der Waals surface area contributed by atoms with Gasteiger partial charge < -0.3 is 4.42 Å². The lowest BCUT2D eigenvalue weighted by atomic mass is 10.1. The summed E-state index contributed by atoms with van der Waals surface area (Å²) in [6.07, 6.45) is 1.80. The highest BCUT2D eigenvalue weighted by molar-refractivity contribution is 6.32. The predicted octanol–water partition coefficient (Wildman–Crippen LogP) is 5.81. The number of carbonyl (C=O) groups excluding carboxylic acids is 1. The standard InChI is InChI=1S/C23H19ClN2O2/c1-16-12-22-20(14-21(16)24)17(15-28-22)13-23(27)25-26(18-8-4-2-5-9-18)19-10-6-3-7-11-19/h2-12,14-15H,13H2,1H3,(H,25,27). The van der Waals surface area contributed by atoms with Crippen molar-refractivity contribution in [1.29, 1.82) is 0 Å². The number of anilines is 2. The average molecular weight is 391 g/mol. The third-order valence-electron chi connectivity index (χ3n) is 4.55. The maximum atomic E-state index is 12.8. The average Bonchev–Trinajstić information content (AvgIpc) is 3.09. The summed E-state index contributed by atoms with van der Waals surface area (Å²) in [5.41, 5.74) is 7.22. The van der Waals surface area contributed by atoms with Crippen LogP contribution in [0.15, 0.2) is 83.5 Å². The molecule has 1 amide bonds. The first kappa shape index (κ1) is 18.1. The van der Waals surface area contributed by atoms with Crippen LogP contribution in [0.2, 0.25) is 5.02 Å². The van der Waals surface area contributed by atoms with Crippen LogP contribution in [0.1, 0.15) is 11.1 Å². The van der Waals surface area contributed by atoms with Gasteiger partial charge in [-0.05, 0) is 48.9 Å². The minimum atomic E-state index is -0.146. The van der Waals surface area contributed by atoms with Crippen molar-refractivity contribution in [3.63, 3.8) is 0 Å². The zero-order valence-electron chi connectivity index (χ0n) is 15.4. The second-order valence-corrected chi connectivity index (χ2v) is 6.98. The number of furan rings is 1. The fourth-order valence-corrected chi connectivity index (χ4v) is 3.27. The molecular weight excluding hydrogens is 372 g/mol. The molecule has 0 bridgehead atoms. The van der Waals surface area contributed by atoms with Gasteiger partial charge in [-0.15, -0.1) is 0 Å². The molecule has 1 N–H and O–H groups in total. The summed E-state index contributed by atoms with van der Waals surface area (Å²) in [6.45, 7) is 1.92. The van der Waals surface area contributed by atoms with Gasteiger partial charge in [0.25, 0.3) is 0 Å². The lowest BCUT2D eigenvalue weighted by Gasteiger charge is -2.25. The number of hydrazine groups is 1. The molecule has 0 saturated carbocycles. The predicted molar refractivity (Wildman–Crippen MR) is 113 cm³/mol. The van der Waals surface area contributed by atoms with Gasteiger partial charge in [0.2, 0.25) is 5.91 Å². The number of carbonyl (C=O) groups is 1. The highest BCUT2D eigenvalue weighted by Gasteiger charge is 2.16. The number of benzene rings is 3. The topological polar surface area (TPSA) is 45.5 Å². The van der Waals surface area contributed by atoms with Gasteiger partial charge in [-0.3, -0.25) is 15.2 Å². The highest BCUT2D eigenvalue weighted by Crippen LogP contribution is 2.28. The Morgan fingerprint density at radius 2 is 1.61 bits per heavy atom. The molecule has 0 atom stereocenters. The van der Waals surface area contributed by atoms with E-state index in [2.05, 4.69) is 5.43 Å². The van der Waals surface area contributed by atoms with Crippen LogP contribution in [-0.2, 0) is 11.2 Å². The molecule has 140 valence electrons. The van der Waals surface area contributed by atoms with E-state index in [0.29, 0.717) is 5.02 Å². The SMILES string of the molecule is Cc1cc2occ(CC(=O)NN(c3ccccc3)c3ccccc3)c2cc1Cl. The van der Waals surface area contributed by atoms with Crippen LogP contribution in [0, 0.1) is 6.92 Å². The van der Waals surface area contributed by atoms with Crippen molar-refractivity contribution in [3.8, 4) is 0 Å². The molecule has 0 radical (unpaired) electrons. The smallest absolute Gasteiger partial charge is 0.243 e. The van der Waals surface area contributed by atoms with Crippen molar-refractivity contribution < 1.29 is 9.21 Å². The van der Waals surface area contributed by atoms with Gasteiger partial charge in [0.1, 0.15) is 5.58 Å². The zero-order valence-corrected chi connectivity index (χ0v) is 16.1. The molecular formula is C23H19ClN2O2. The number of hydrogen-bond acceptors (Lipinski definition) is 3. The largest absolute Gasteiger partial charge is 0.464 e. The molecule has 0 aliphatic carbocycles. The van der Waals surface area contributed by atoms with Gasteiger partial charge in [0.05, 0.1) is 24.1 Å². The maximum absolute atomic E-state index is 12.8. The van der Waals surface area contributed by atoms with E-state index >= 15 is 0 Å². The molecule has 1 heterocycles. The van der Waals surface area contributed by atoms with Crippen LogP contribution in [0.4, 0.5) is 11.4 Å². The van der Waals surface area contributed by atoms with Gasteiger partial charge in [-0.1, -0.05) is 48.0 Å². The van der Waals surface area contributed by atoms with E-state index in [1.807, 2.05) is 79.7 Å². The first-order chi connectivity index (χ1) is 13.6. The summed E-state index contributed by atoms with van der Waals surface area (Å²) in [5.74, 6) is -0.146. The molecule has 1 aromatic heterocycles. The number of nitrogens with zero attached hydrogens (tertiary/aromatic N) is 1. The fourth-order valence-electron chi connectivity index (χ4n) is 3.11. The van der Waals surface area contributed by atoms with Crippen molar-refractivity contribution >= 4 is 39.9 Å². The summed E-state index contributed by atoms with van der Waals surface area (Å²) in [4.78, 5) is 12.8. The Hall–Kier alpha value is -3.24. The highest BCUT2D eigenvalue weighted by atomic mass is 35.5. The molecule has 0 spiro atoms. The van der Waals surface area contributed by atoms with E-state index < -0.39 is 0 Å². The summed E-state index contributed by atoms with van der Waals surface area (Å²) in [6, 6.07) is 23.2. The third kappa shape index (κ3) is 3.73. The molecule has 28 heavy (non-hydrogen) atoms. The van der Waals surface area contributed by atoms with E-state index in [0.717, 1.165) is 33.5 Å². The van der Waals surface area contributed by atoms with Crippen molar-refractivity contribution in [2.45, 2.75) is 13.3 Å². The number of nitrogens with one attached hydrogen (secondary N) is 1. The van der Waals surface area contributed by atoms with E-state index in [1.165, 1.54) is 0 Å². The van der Waals surface area contributed by atoms with Gasteiger partial charge in [-0.2, -0.15) is 0 Å². The van der Waals surface area contributed by atoms with Gasteiger partial charge >= 0.3 is 0 Å². The molecule has 0 aliphatic rings. The number of hydrogen-bond donors (Lipinski definition) is 1. The molecule has 0 aliphatic heterocycles. The molecule has 4 nitrogen and oxygen atoms in total. The Kier molecular flexibility index (Phi) is 5.04. The van der Waals surface area contributed by atoms with E-state index in [9.17, 15) is 4.79 Å². The Bertz CT molecular complexity index is 1070. The van der Waals surface area contributed by atoms with Crippen LogP contribution in [0.5, 0.6) is 0 Å². The van der Waals surface area contributed by atoms with Gasteiger partial charge in [0, 0.05) is 16.0 Å². The third-order valence-corrected chi connectivity index (χ3v) is 4.96. The number of rotatable bonds is 5. The lowest BCUT2D eigenvalue weighted by Crippen LogP contribution is -2.39. The van der Waals surface area contributed by atoms with Crippen LogP contribution in [0.25, 0.3) is 11.0 Å². The molecule has 4 aromatic rings. The van der Waals surface area contributed by atoms with Gasteiger partial charge in [-0.25, -0.2) is 0 Å². The van der Waals surface area contributed by atoms with Gasteiger partial charge in [0.15, 0.2) is 0 Å². The maximum Gasteiger partial charge on any atom is 0.243 e. The molecule has 0 unspecified atom stereocenters. The summed E-state index contributed by atoms with van der Waals surface area (Å²) in [5, 5.41) is 3.30. The van der Waals surface area contributed by atoms with E-state index in [-0.39, 0.29) is 12.3 Å². The van der Waals surface area contributed by atoms with E-state index in [1.54, 1.807) is 11.3 Å². The van der Waals surface area contributed by atoms with Crippen LogP contribution < -0.4 is 10.4 Å². The zero-order chi connectivity index (χ0) is 19.5. The number of aryl methyl sites for hydroxylation is 1. The molecule has 4 rings (SSSR count). The first-order valence-electron chi connectivity index (χ1n) is 8.98. The van der Waals surface area contributed by atoms with Crippen molar-refractivity contribution in [3.05, 3.63) is 95.2 Å². The summed E-state index contributed by atoms with van der Waals surface area (Å²) >= 11 is 6.25. The fraction of sp³-hybridized carbons (Fsp3) is 0.0870. The molecule has 0 saturated heterocycles. The second kappa shape index (κ2) is 7.79. The molecule has 0 fully saturated rings. The monoisotopic (exact) mass is 390 g/mol. The minimum Gasteiger partial charge on any atom is -0.464 e. The number of halogens is 1. The van der Waals surface area contributed by atoms with Crippen molar-refractivity contribution in [1.82, 2.24) is 5.43 Å². The van der Waals surface area contributed by atoms with Crippen LogP contribution in [-0.4, -0.2) is 5.91 Å². The van der Waals surface area contributed by atoms with Crippen LogP contribution in [0.3, 0.4) is 0 Å². The Labute approximate surface area is 168 Å². The molecule has 5 heteroatoms. The molecule has 3 aromatic carbocycles. The van der Waals surface area contributed by atoms with E-state index in [4.69, 9.17) is 16.0 Å². The quantitative estimate of drug-likeness (QED) is 0.437. The summed E-state index contributed by atoms with van der Waals surface area (Å²) < 4.78 is 5.61. The Morgan fingerprint density at radius 3 is 2.21 bits per heavy atom. The lowest BCUT2D eigenvalue weighted by molar-refractivity contribution is -0.120. The number of amides is 1. The normalized spacial score (nSPS) is 10.8.